The number of halogens is 6. The fourth-order valence-electron chi connectivity index (χ4n) is 5.24. The second-order valence-corrected chi connectivity index (χ2v) is 10.4. The van der Waals surface area contributed by atoms with Crippen molar-refractivity contribution in [2.75, 3.05) is 44.2 Å². The van der Waals surface area contributed by atoms with Crippen LogP contribution in [-0.2, 0) is 23.7 Å². The zero-order valence-corrected chi connectivity index (χ0v) is 23.1. The number of benzene rings is 2. The number of anilines is 1. The van der Waals surface area contributed by atoms with E-state index in [9.17, 15) is 35.9 Å². The fourth-order valence-corrected chi connectivity index (χ4v) is 5.24. The van der Waals surface area contributed by atoms with Crippen LogP contribution in [0.3, 0.4) is 0 Å². The molecular weight excluding hydrogens is 578 g/mol. The summed E-state index contributed by atoms with van der Waals surface area (Å²) in [5.74, 6) is -0.110. The van der Waals surface area contributed by atoms with Crippen molar-refractivity contribution in [2.45, 2.75) is 32.2 Å². The van der Waals surface area contributed by atoms with E-state index in [0.29, 0.717) is 55.3 Å². The van der Waals surface area contributed by atoms with E-state index in [0.717, 1.165) is 0 Å². The van der Waals surface area contributed by atoms with E-state index in [1.165, 1.54) is 11.8 Å². The van der Waals surface area contributed by atoms with E-state index in [-0.39, 0.29) is 48.6 Å². The van der Waals surface area contributed by atoms with Crippen LogP contribution in [0.25, 0.3) is 11.1 Å². The van der Waals surface area contributed by atoms with Gasteiger partial charge in [0.2, 0.25) is 11.8 Å². The molecule has 228 valence electrons. The van der Waals surface area contributed by atoms with Gasteiger partial charge in [0, 0.05) is 51.8 Å². The van der Waals surface area contributed by atoms with Crippen LogP contribution in [0.15, 0.2) is 54.6 Å². The van der Waals surface area contributed by atoms with Crippen LogP contribution in [0.2, 0.25) is 0 Å². The number of nitrogens with zero attached hydrogens (tertiary/aromatic N) is 4. The fraction of sp³-hybridized carbons (Fsp3) is 0.367. The van der Waals surface area contributed by atoms with Crippen molar-refractivity contribution in [1.29, 1.82) is 0 Å². The second-order valence-electron chi connectivity index (χ2n) is 10.4. The third-order valence-electron chi connectivity index (χ3n) is 7.44. The highest BCUT2D eigenvalue weighted by Gasteiger charge is 2.37. The summed E-state index contributed by atoms with van der Waals surface area (Å²) in [6, 6.07) is 12.0. The largest absolute Gasteiger partial charge is 0.477 e. The molecule has 3 heterocycles. The number of pyridine rings is 1. The lowest BCUT2D eigenvalue weighted by Crippen LogP contribution is -2.48. The first-order valence-electron chi connectivity index (χ1n) is 13.6. The predicted octanol–water partition coefficient (Wildman–Crippen LogP) is 5.88. The number of fused-ring (bicyclic) bond motifs is 1. The summed E-state index contributed by atoms with van der Waals surface area (Å²) in [4.78, 5) is 35.4. The Balaban J connectivity index is 1.55. The summed E-state index contributed by atoms with van der Waals surface area (Å²) in [6.07, 6.45) is -9.74. The quantitative estimate of drug-likeness (QED) is 0.347. The zero-order chi connectivity index (χ0) is 30.9. The Labute approximate surface area is 243 Å². The Morgan fingerprint density at radius 3 is 2.09 bits per heavy atom. The van der Waals surface area contributed by atoms with Gasteiger partial charge in [0.1, 0.15) is 11.4 Å². The highest BCUT2D eigenvalue weighted by Crippen LogP contribution is 2.38. The standard InChI is InChI=1S/C30H28F6N4O3/c1-19(41)38-9-11-39(12-10-38)25-17-24(21-6-3-2-4-7-21)26-27(37-25)43-13-5-8-40(28(26)42)18-20-14-22(29(31,32)33)16-23(15-20)30(34,35)36/h2-4,6-7,14-17H,5,8-13,18H2,1H3. The van der Waals surface area contributed by atoms with Crippen LogP contribution in [0, 0.1) is 0 Å². The number of alkyl halides is 6. The van der Waals surface area contributed by atoms with E-state index < -0.39 is 35.9 Å². The van der Waals surface area contributed by atoms with E-state index >= 15 is 0 Å². The Morgan fingerprint density at radius 2 is 1.51 bits per heavy atom. The Morgan fingerprint density at radius 1 is 0.884 bits per heavy atom. The molecule has 2 aliphatic heterocycles. The summed E-state index contributed by atoms with van der Waals surface area (Å²) < 4.78 is 87.0. The van der Waals surface area contributed by atoms with Gasteiger partial charge in [-0.2, -0.15) is 31.3 Å². The minimum absolute atomic E-state index is 0.0278. The van der Waals surface area contributed by atoms with E-state index in [4.69, 9.17) is 4.74 Å². The van der Waals surface area contributed by atoms with Crippen molar-refractivity contribution in [3.8, 4) is 17.0 Å². The van der Waals surface area contributed by atoms with Gasteiger partial charge in [-0.3, -0.25) is 9.59 Å². The number of aromatic nitrogens is 1. The number of hydrogen-bond acceptors (Lipinski definition) is 5. The number of rotatable bonds is 4. The predicted molar refractivity (Wildman–Crippen MR) is 145 cm³/mol. The topological polar surface area (TPSA) is 66.0 Å². The van der Waals surface area contributed by atoms with Crippen LogP contribution in [0.5, 0.6) is 5.88 Å². The summed E-state index contributed by atoms with van der Waals surface area (Å²) in [7, 11) is 0. The molecule has 1 saturated heterocycles. The minimum atomic E-state index is -5.01. The van der Waals surface area contributed by atoms with Crippen LogP contribution in [0.1, 0.15) is 40.4 Å². The van der Waals surface area contributed by atoms with E-state index in [2.05, 4.69) is 4.98 Å². The van der Waals surface area contributed by atoms with Gasteiger partial charge < -0.3 is 19.4 Å². The number of carbonyl (C=O) groups excluding carboxylic acids is 2. The summed E-state index contributed by atoms with van der Waals surface area (Å²) in [5, 5.41) is 0. The molecule has 0 saturated carbocycles. The van der Waals surface area contributed by atoms with Gasteiger partial charge in [0.15, 0.2) is 0 Å². The Hall–Kier alpha value is -4.29. The van der Waals surface area contributed by atoms with Gasteiger partial charge in [0.05, 0.1) is 17.7 Å². The smallest absolute Gasteiger partial charge is 0.416 e. The normalized spacial score (nSPS) is 16.3. The lowest BCUT2D eigenvalue weighted by Gasteiger charge is -2.35. The molecule has 0 atom stereocenters. The third-order valence-corrected chi connectivity index (χ3v) is 7.44. The molecule has 0 bridgehead atoms. The first-order valence-corrected chi connectivity index (χ1v) is 13.6. The van der Waals surface area contributed by atoms with Gasteiger partial charge in [-0.1, -0.05) is 30.3 Å². The lowest BCUT2D eigenvalue weighted by molar-refractivity contribution is -0.143. The third kappa shape index (κ3) is 6.70. The molecule has 2 amide bonds. The number of carbonyl (C=O) groups is 2. The number of ether oxygens (including phenoxy) is 1. The average molecular weight is 607 g/mol. The molecule has 0 spiro atoms. The van der Waals surface area contributed by atoms with Crippen molar-refractivity contribution in [3.05, 3.63) is 76.9 Å². The monoisotopic (exact) mass is 606 g/mol. The Kier molecular flexibility index (Phi) is 8.26. The second kappa shape index (κ2) is 11.8. The van der Waals surface area contributed by atoms with E-state index in [1.54, 1.807) is 41.3 Å². The van der Waals surface area contributed by atoms with Crippen LogP contribution >= 0.6 is 0 Å². The maximum atomic E-state index is 14.1. The van der Waals surface area contributed by atoms with Crippen molar-refractivity contribution in [2.24, 2.45) is 0 Å². The first kappa shape index (κ1) is 30.2. The number of hydrogen-bond donors (Lipinski definition) is 0. The molecular formula is C30H28F6N4O3. The molecule has 0 aliphatic carbocycles. The van der Waals surface area contributed by atoms with Gasteiger partial charge in [-0.05, 0) is 41.8 Å². The van der Waals surface area contributed by atoms with Crippen molar-refractivity contribution in [3.63, 3.8) is 0 Å². The molecule has 13 heteroatoms. The van der Waals surface area contributed by atoms with Crippen molar-refractivity contribution >= 4 is 17.6 Å². The molecule has 7 nitrogen and oxygen atoms in total. The maximum Gasteiger partial charge on any atom is 0.416 e. The van der Waals surface area contributed by atoms with Crippen LogP contribution < -0.4 is 9.64 Å². The highest BCUT2D eigenvalue weighted by atomic mass is 19.4. The van der Waals surface area contributed by atoms with Gasteiger partial charge in [0.25, 0.3) is 5.91 Å². The molecule has 0 radical (unpaired) electrons. The van der Waals surface area contributed by atoms with Gasteiger partial charge in [-0.25, -0.2) is 0 Å². The molecule has 2 aromatic carbocycles. The molecule has 0 N–H and O–H groups in total. The summed E-state index contributed by atoms with van der Waals surface area (Å²) in [5.41, 5.74) is -2.00. The molecule has 3 aromatic rings. The molecule has 0 unspecified atom stereocenters. The molecule has 43 heavy (non-hydrogen) atoms. The number of amides is 2. The average Bonchev–Trinajstić information content (AvgIpc) is 2.96. The highest BCUT2D eigenvalue weighted by molar-refractivity contribution is 6.03. The van der Waals surface area contributed by atoms with E-state index in [1.807, 2.05) is 4.90 Å². The summed E-state index contributed by atoms with van der Waals surface area (Å²) >= 11 is 0. The van der Waals surface area contributed by atoms with Crippen LogP contribution in [0.4, 0.5) is 32.2 Å². The van der Waals surface area contributed by atoms with Crippen molar-refractivity contribution < 1.29 is 40.7 Å². The lowest BCUT2D eigenvalue weighted by atomic mass is 9.98. The minimum Gasteiger partial charge on any atom is -0.477 e. The number of piperazine rings is 1. The molecule has 2 aliphatic rings. The SMILES string of the molecule is CC(=O)N1CCN(c2cc(-c3ccccc3)c3c(n2)OCCCN(Cc2cc(C(F)(F)F)cc(C(F)(F)F)c2)C3=O)CC1. The van der Waals surface area contributed by atoms with Crippen molar-refractivity contribution in [1.82, 2.24) is 14.8 Å². The molecule has 1 aromatic heterocycles. The maximum absolute atomic E-state index is 14.1. The molecule has 5 rings (SSSR count). The summed E-state index contributed by atoms with van der Waals surface area (Å²) in [6.45, 7) is 3.15. The van der Waals surface area contributed by atoms with Crippen LogP contribution in [-0.4, -0.2) is 65.9 Å². The molecule has 1 fully saturated rings. The Bertz CT molecular complexity index is 1470. The first-order chi connectivity index (χ1) is 20.3. The van der Waals surface area contributed by atoms with Gasteiger partial charge in [-0.15, -0.1) is 0 Å². The van der Waals surface area contributed by atoms with Gasteiger partial charge >= 0.3 is 12.4 Å². The zero-order valence-electron chi connectivity index (χ0n) is 23.1.